The molecular weight excluding hydrogens is 346 g/mol. The smallest absolute Gasteiger partial charge is 0.271 e. The second kappa shape index (κ2) is 8.34. The Bertz CT molecular complexity index is 765. The van der Waals surface area contributed by atoms with Gasteiger partial charge in [0.25, 0.3) is 5.69 Å². The zero-order valence-electron chi connectivity index (χ0n) is 13.8. The van der Waals surface area contributed by atoms with E-state index < -0.39 is 11.0 Å². The normalized spacial score (nSPS) is 11.5. The molecule has 2 aromatic rings. The first-order valence-corrected chi connectivity index (χ1v) is 8.02. The van der Waals surface area contributed by atoms with Gasteiger partial charge in [-0.25, -0.2) is 0 Å². The van der Waals surface area contributed by atoms with Crippen LogP contribution < -0.4 is 15.4 Å². The molecule has 0 spiro atoms. The molecular formula is C17H18ClN3O4. The number of nitrogens with one attached hydrogen (secondary N) is 2. The third-order valence-corrected chi connectivity index (χ3v) is 3.68. The lowest BCUT2D eigenvalue weighted by molar-refractivity contribution is -0.384. The largest absolute Gasteiger partial charge is 0.494 e. The van der Waals surface area contributed by atoms with Gasteiger partial charge in [0.2, 0.25) is 5.91 Å². The maximum atomic E-state index is 12.3. The highest BCUT2D eigenvalue weighted by Gasteiger charge is 2.16. The number of nitro benzene ring substituents is 1. The van der Waals surface area contributed by atoms with Crippen LogP contribution in [0.15, 0.2) is 42.5 Å². The molecule has 2 aromatic carbocycles. The minimum absolute atomic E-state index is 0.107. The first-order chi connectivity index (χ1) is 11.9. The van der Waals surface area contributed by atoms with Crippen molar-refractivity contribution >= 4 is 34.6 Å². The second-order valence-electron chi connectivity index (χ2n) is 5.23. The highest BCUT2D eigenvalue weighted by molar-refractivity contribution is 6.34. The number of nitro groups is 1. The average Bonchev–Trinajstić information content (AvgIpc) is 2.58. The molecule has 0 aliphatic heterocycles. The Labute approximate surface area is 150 Å². The van der Waals surface area contributed by atoms with E-state index in [9.17, 15) is 14.9 Å². The molecule has 0 aliphatic carbocycles. The molecule has 7 nitrogen and oxygen atoms in total. The standard InChI is InChI=1S/C17H18ClN3O4/c1-3-25-14-7-4-12(5-8-14)19-11(2)17(22)20-16-9-6-13(21(23)24)10-15(16)18/h4-11,19H,3H2,1-2H3,(H,20,22)/t11-/m1/s1. The minimum Gasteiger partial charge on any atom is -0.494 e. The molecule has 0 radical (unpaired) electrons. The van der Waals surface area contributed by atoms with Crippen LogP contribution in [-0.2, 0) is 4.79 Å². The second-order valence-corrected chi connectivity index (χ2v) is 5.64. The van der Waals surface area contributed by atoms with Gasteiger partial charge in [-0.15, -0.1) is 0 Å². The maximum Gasteiger partial charge on any atom is 0.271 e. The lowest BCUT2D eigenvalue weighted by Gasteiger charge is -2.16. The van der Waals surface area contributed by atoms with Gasteiger partial charge < -0.3 is 15.4 Å². The Balaban J connectivity index is 1.99. The lowest BCUT2D eigenvalue weighted by Crippen LogP contribution is -2.31. The van der Waals surface area contributed by atoms with Gasteiger partial charge in [0, 0.05) is 17.8 Å². The number of hydrogen-bond donors (Lipinski definition) is 2. The van der Waals surface area contributed by atoms with Crippen LogP contribution in [-0.4, -0.2) is 23.5 Å². The van der Waals surface area contributed by atoms with Crippen LogP contribution in [0.25, 0.3) is 0 Å². The minimum atomic E-state index is -0.548. The van der Waals surface area contributed by atoms with E-state index in [4.69, 9.17) is 16.3 Å². The monoisotopic (exact) mass is 363 g/mol. The molecule has 0 heterocycles. The summed E-state index contributed by atoms with van der Waals surface area (Å²) < 4.78 is 5.36. The molecule has 2 rings (SSSR count). The van der Waals surface area contributed by atoms with Crippen LogP contribution in [0.4, 0.5) is 17.1 Å². The van der Waals surface area contributed by atoms with E-state index in [1.54, 1.807) is 6.92 Å². The summed E-state index contributed by atoms with van der Waals surface area (Å²) in [6, 6.07) is 10.6. The highest BCUT2D eigenvalue weighted by atomic mass is 35.5. The Hall–Kier alpha value is -2.80. The van der Waals surface area contributed by atoms with Gasteiger partial charge >= 0.3 is 0 Å². The van der Waals surface area contributed by atoms with E-state index in [1.165, 1.54) is 18.2 Å². The van der Waals surface area contributed by atoms with Crippen molar-refractivity contribution < 1.29 is 14.5 Å². The van der Waals surface area contributed by atoms with Gasteiger partial charge in [-0.1, -0.05) is 11.6 Å². The van der Waals surface area contributed by atoms with Crippen molar-refractivity contribution in [3.8, 4) is 5.75 Å². The summed E-state index contributed by atoms with van der Waals surface area (Å²) in [6.45, 7) is 4.19. The molecule has 0 unspecified atom stereocenters. The molecule has 0 aliphatic rings. The summed E-state index contributed by atoms with van der Waals surface area (Å²) >= 11 is 5.98. The molecule has 1 amide bonds. The van der Waals surface area contributed by atoms with Gasteiger partial charge in [0.05, 0.1) is 22.2 Å². The van der Waals surface area contributed by atoms with Crippen LogP contribution in [0.2, 0.25) is 5.02 Å². The SMILES string of the molecule is CCOc1ccc(N[C@H](C)C(=O)Nc2ccc([N+](=O)[O-])cc2Cl)cc1. The van der Waals surface area contributed by atoms with Gasteiger partial charge in [0.1, 0.15) is 11.8 Å². The average molecular weight is 364 g/mol. The predicted molar refractivity (Wildman–Crippen MR) is 97.4 cm³/mol. The first kappa shape index (κ1) is 18.5. The number of carbonyl (C=O) groups is 1. The van der Waals surface area contributed by atoms with Gasteiger partial charge in [0.15, 0.2) is 0 Å². The van der Waals surface area contributed by atoms with Crippen molar-refractivity contribution in [1.29, 1.82) is 0 Å². The van der Waals surface area contributed by atoms with E-state index >= 15 is 0 Å². The summed E-state index contributed by atoms with van der Waals surface area (Å²) in [7, 11) is 0. The number of hydrogen-bond acceptors (Lipinski definition) is 5. The third-order valence-electron chi connectivity index (χ3n) is 3.36. The molecule has 1 atom stereocenters. The summed E-state index contributed by atoms with van der Waals surface area (Å²) in [5.74, 6) is 0.437. The van der Waals surface area contributed by atoms with Crippen LogP contribution in [0, 0.1) is 10.1 Å². The quantitative estimate of drug-likeness (QED) is 0.571. The van der Waals surface area contributed by atoms with E-state index in [0.29, 0.717) is 12.3 Å². The molecule has 132 valence electrons. The van der Waals surface area contributed by atoms with Gasteiger partial charge in [-0.3, -0.25) is 14.9 Å². The number of benzene rings is 2. The first-order valence-electron chi connectivity index (χ1n) is 7.65. The molecule has 0 bridgehead atoms. The van der Waals surface area contributed by atoms with Crippen LogP contribution in [0.1, 0.15) is 13.8 Å². The maximum absolute atomic E-state index is 12.3. The fraction of sp³-hybridized carbons (Fsp3) is 0.235. The van der Waals surface area contributed by atoms with Gasteiger partial charge in [-0.2, -0.15) is 0 Å². The summed E-state index contributed by atoms with van der Waals surface area (Å²) in [6.07, 6.45) is 0. The molecule has 8 heteroatoms. The third kappa shape index (κ3) is 5.09. The van der Waals surface area contributed by atoms with Crippen molar-refractivity contribution in [2.75, 3.05) is 17.2 Å². The van der Waals surface area contributed by atoms with Crippen LogP contribution >= 0.6 is 11.6 Å². The number of nitrogens with zero attached hydrogens (tertiary/aromatic N) is 1. The molecule has 0 fully saturated rings. The van der Waals surface area contributed by atoms with Crippen molar-refractivity contribution in [3.05, 3.63) is 57.6 Å². The Morgan fingerprint density at radius 2 is 1.96 bits per heavy atom. The molecule has 0 saturated carbocycles. The van der Waals surface area contributed by atoms with Crippen LogP contribution in [0.3, 0.4) is 0 Å². The summed E-state index contributed by atoms with van der Waals surface area (Å²) in [5, 5.41) is 16.5. The topological polar surface area (TPSA) is 93.5 Å². The molecule has 2 N–H and O–H groups in total. The highest BCUT2D eigenvalue weighted by Crippen LogP contribution is 2.27. The van der Waals surface area contributed by atoms with Crippen molar-refractivity contribution in [2.24, 2.45) is 0 Å². The molecule has 0 saturated heterocycles. The van der Waals surface area contributed by atoms with Gasteiger partial charge in [-0.05, 0) is 44.2 Å². The lowest BCUT2D eigenvalue weighted by atomic mass is 10.2. The number of ether oxygens (including phenoxy) is 1. The van der Waals surface area contributed by atoms with E-state index in [0.717, 1.165) is 11.4 Å². The fourth-order valence-corrected chi connectivity index (χ4v) is 2.31. The number of rotatable bonds is 7. The number of non-ortho nitro benzene ring substituents is 1. The fourth-order valence-electron chi connectivity index (χ4n) is 2.09. The molecule has 25 heavy (non-hydrogen) atoms. The molecule has 0 aromatic heterocycles. The Morgan fingerprint density at radius 3 is 2.52 bits per heavy atom. The predicted octanol–water partition coefficient (Wildman–Crippen LogP) is 4.09. The number of halogens is 1. The summed E-state index contributed by atoms with van der Waals surface area (Å²) in [4.78, 5) is 22.4. The zero-order valence-corrected chi connectivity index (χ0v) is 14.5. The van der Waals surface area contributed by atoms with E-state index in [1.807, 2.05) is 31.2 Å². The van der Waals surface area contributed by atoms with Crippen molar-refractivity contribution in [3.63, 3.8) is 0 Å². The number of anilines is 2. The van der Waals surface area contributed by atoms with Crippen molar-refractivity contribution in [1.82, 2.24) is 0 Å². The van der Waals surface area contributed by atoms with E-state index in [-0.39, 0.29) is 16.6 Å². The Kier molecular flexibility index (Phi) is 6.19. The van der Waals surface area contributed by atoms with Crippen LogP contribution in [0.5, 0.6) is 5.75 Å². The summed E-state index contributed by atoms with van der Waals surface area (Å²) in [5.41, 5.74) is 0.946. The zero-order chi connectivity index (χ0) is 18.4. The van der Waals surface area contributed by atoms with E-state index in [2.05, 4.69) is 10.6 Å². The Morgan fingerprint density at radius 1 is 1.28 bits per heavy atom. The number of amides is 1. The number of carbonyl (C=O) groups excluding carboxylic acids is 1. The van der Waals surface area contributed by atoms with Crippen molar-refractivity contribution in [2.45, 2.75) is 19.9 Å².